The van der Waals surface area contributed by atoms with Gasteiger partial charge < -0.3 is 20.6 Å². The average molecular weight is 548 g/mol. The number of hydrogen-bond acceptors (Lipinski definition) is 6. The molecule has 1 saturated heterocycles. The number of rotatable bonds is 4. The summed E-state index contributed by atoms with van der Waals surface area (Å²) in [5.41, 5.74) is -2.06. The zero-order chi connectivity index (χ0) is 27.9. The van der Waals surface area contributed by atoms with Crippen LogP contribution in [-0.4, -0.2) is 56.3 Å². The Bertz CT molecular complexity index is 1360. The fraction of sp³-hybridized carbons (Fsp3) is 0.500. The maximum Gasteiger partial charge on any atom is 0.311 e. The summed E-state index contributed by atoms with van der Waals surface area (Å²) in [4.78, 5) is 57.5. The Morgan fingerprint density at radius 1 is 1.05 bits per heavy atom. The van der Waals surface area contributed by atoms with E-state index in [4.69, 9.17) is 0 Å². The molecule has 1 saturated carbocycles. The Labute approximate surface area is 221 Å². The predicted molar refractivity (Wildman–Crippen MR) is 130 cm³/mol. The minimum atomic E-state index is -2.88. The number of aromatic hydroxyl groups is 1. The summed E-state index contributed by atoms with van der Waals surface area (Å²) in [5.74, 6) is -6.84. The largest absolute Gasteiger partial charge is 0.501 e. The molecule has 3 N–H and O–H groups in total. The molecular formula is C26H28F3N5O5. The van der Waals surface area contributed by atoms with Gasteiger partial charge in [-0.15, -0.1) is 0 Å². The lowest BCUT2D eigenvalue weighted by Gasteiger charge is -2.38. The van der Waals surface area contributed by atoms with Gasteiger partial charge in [0.25, 0.3) is 17.4 Å². The number of nitrogens with zero attached hydrogens (tertiary/aromatic N) is 3. The summed E-state index contributed by atoms with van der Waals surface area (Å²) in [6, 6.07) is 5.40. The first kappa shape index (κ1) is 26.7. The van der Waals surface area contributed by atoms with E-state index in [0.717, 1.165) is 4.90 Å². The highest BCUT2D eigenvalue weighted by molar-refractivity contribution is 6.35. The van der Waals surface area contributed by atoms with E-state index in [9.17, 15) is 37.5 Å². The molecule has 13 heteroatoms. The maximum atomic E-state index is 13.5. The van der Waals surface area contributed by atoms with Gasteiger partial charge in [-0.3, -0.25) is 23.7 Å². The molecule has 3 amide bonds. The van der Waals surface area contributed by atoms with Gasteiger partial charge in [-0.2, -0.15) is 0 Å². The normalized spacial score (nSPS) is 23.5. The summed E-state index contributed by atoms with van der Waals surface area (Å²) in [6.07, 6.45) is 0.800. The van der Waals surface area contributed by atoms with E-state index in [0.29, 0.717) is 31.2 Å². The molecule has 4 aliphatic rings. The van der Waals surface area contributed by atoms with Crippen LogP contribution in [0.2, 0.25) is 0 Å². The minimum absolute atomic E-state index is 0.0218. The van der Waals surface area contributed by atoms with E-state index in [1.807, 2.05) is 0 Å². The smallest absolute Gasteiger partial charge is 0.311 e. The lowest BCUT2D eigenvalue weighted by molar-refractivity contribution is -0.151. The van der Waals surface area contributed by atoms with Crippen LogP contribution in [0.5, 0.6) is 5.75 Å². The number of carbonyl (C=O) groups excluding carboxylic acids is 3. The summed E-state index contributed by atoms with van der Waals surface area (Å²) < 4.78 is 41.5. The van der Waals surface area contributed by atoms with Gasteiger partial charge in [-0.05, 0) is 49.3 Å². The van der Waals surface area contributed by atoms with Crippen LogP contribution >= 0.6 is 0 Å². The van der Waals surface area contributed by atoms with Crippen LogP contribution in [-0.2, 0) is 28.2 Å². The van der Waals surface area contributed by atoms with Gasteiger partial charge >= 0.3 is 11.8 Å². The van der Waals surface area contributed by atoms with Crippen LogP contribution in [0.4, 0.5) is 13.2 Å². The van der Waals surface area contributed by atoms with Gasteiger partial charge in [0, 0.05) is 39.0 Å². The van der Waals surface area contributed by atoms with Crippen LogP contribution in [0, 0.1) is 11.7 Å². The average Bonchev–Trinajstić information content (AvgIpc) is 3.16. The van der Waals surface area contributed by atoms with Gasteiger partial charge in [0.05, 0.1) is 5.54 Å². The Kier molecular flexibility index (Phi) is 6.85. The maximum absolute atomic E-state index is 13.5. The van der Waals surface area contributed by atoms with Crippen molar-refractivity contribution in [1.82, 2.24) is 25.1 Å². The zero-order valence-electron chi connectivity index (χ0n) is 21.0. The van der Waals surface area contributed by atoms with Crippen molar-refractivity contribution in [1.29, 1.82) is 0 Å². The van der Waals surface area contributed by atoms with E-state index in [-0.39, 0.29) is 37.9 Å². The molecule has 10 nitrogen and oxygen atoms in total. The standard InChI is InChI=1S/C26H28F3N5O5/c27-17-3-1-15(2-4-17)13-30-20(36)18-19(35)22(38)34-14-16-5-7-25(8-6-16,24(34)31-18)32-21(37)23(39)33-11-9-26(28,29)10-12-33/h1-4,16,35H,5-14H2,(H,30,36)(H,32,37). The summed E-state index contributed by atoms with van der Waals surface area (Å²) in [7, 11) is 0. The molecule has 1 aromatic heterocycles. The van der Waals surface area contributed by atoms with Crippen LogP contribution in [0.15, 0.2) is 29.1 Å². The van der Waals surface area contributed by atoms with Crippen LogP contribution < -0.4 is 16.2 Å². The number of hydrogen-bond donors (Lipinski definition) is 3. The zero-order valence-corrected chi connectivity index (χ0v) is 21.0. The van der Waals surface area contributed by atoms with Crippen molar-refractivity contribution in [2.45, 2.75) is 63.1 Å². The molecule has 0 spiro atoms. The van der Waals surface area contributed by atoms with Crippen molar-refractivity contribution in [2.75, 3.05) is 13.1 Å². The topological polar surface area (TPSA) is 134 Å². The number of amides is 3. The van der Waals surface area contributed by atoms with Gasteiger partial charge in [0.15, 0.2) is 5.69 Å². The Balaban J connectivity index is 1.42. The third-order valence-corrected chi connectivity index (χ3v) is 7.88. The van der Waals surface area contributed by atoms with Gasteiger partial charge in [-0.1, -0.05) is 12.1 Å². The van der Waals surface area contributed by atoms with Gasteiger partial charge in [0.2, 0.25) is 5.75 Å². The molecule has 6 rings (SSSR count). The van der Waals surface area contributed by atoms with Crippen molar-refractivity contribution in [3.63, 3.8) is 0 Å². The quantitative estimate of drug-likeness (QED) is 0.500. The summed E-state index contributed by atoms with van der Waals surface area (Å²) in [5, 5.41) is 15.9. The van der Waals surface area contributed by atoms with Crippen molar-refractivity contribution in [3.05, 3.63) is 57.5 Å². The highest BCUT2D eigenvalue weighted by Gasteiger charge is 2.47. The number of carbonyl (C=O) groups is 3. The second-order valence-electron chi connectivity index (χ2n) is 10.5. The molecule has 4 heterocycles. The fourth-order valence-corrected chi connectivity index (χ4v) is 5.57. The Hall–Kier alpha value is -3.90. The van der Waals surface area contributed by atoms with Crippen molar-refractivity contribution in [2.24, 2.45) is 5.92 Å². The molecule has 208 valence electrons. The van der Waals surface area contributed by atoms with E-state index in [1.165, 1.54) is 28.8 Å². The SMILES string of the molecule is O=C(NC12CCC(CC1)Cn1c2nc(C(=O)NCc2ccc(F)cc2)c(O)c1=O)C(=O)N1CCC(F)(F)CC1. The number of alkyl halides is 2. The van der Waals surface area contributed by atoms with Crippen LogP contribution in [0.1, 0.15) is 60.4 Å². The summed E-state index contributed by atoms with van der Waals surface area (Å²) >= 11 is 0. The summed E-state index contributed by atoms with van der Waals surface area (Å²) in [6.45, 7) is -0.311. The number of halogens is 3. The number of aromatic nitrogens is 2. The third-order valence-electron chi connectivity index (χ3n) is 7.88. The third kappa shape index (κ3) is 5.21. The predicted octanol–water partition coefficient (Wildman–Crippen LogP) is 1.79. The van der Waals surface area contributed by atoms with Gasteiger partial charge in [-0.25, -0.2) is 18.2 Å². The monoisotopic (exact) mass is 547 g/mol. The fourth-order valence-electron chi connectivity index (χ4n) is 5.57. The molecule has 0 unspecified atom stereocenters. The van der Waals surface area contributed by atoms with Crippen LogP contribution in [0.25, 0.3) is 0 Å². The molecule has 2 aromatic rings. The molecular weight excluding hydrogens is 519 g/mol. The lowest BCUT2D eigenvalue weighted by atomic mass is 9.77. The number of benzene rings is 1. The van der Waals surface area contributed by atoms with E-state index in [1.54, 1.807) is 0 Å². The van der Waals surface area contributed by atoms with Gasteiger partial charge in [0.1, 0.15) is 11.6 Å². The van der Waals surface area contributed by atoms with Crippen molar-refractivity contribution in [3.8, 4) is 5.75 Å². The molecule has 2 fully saturated rings. The second kappa shape index (κ2) is 10.0. The highest BCUT2D eigenvalue weighted by atomic mass is 19.3. The van der Waals surface area contributed by atoms with Crippen molar-refractivity contribution < 1.29 is 32.7 Å². The molecule has 0 atom stereocenters. The van der Waals surface area contributed by atoms with Crippen LogP contribution in [0.3, 0.4) is 0 Å². The first-order valence-electron chi connectivity index (χ1n) is 12.8. The van der Waals surface area contributed by atoms with E-state index in [2.05, 4.69) is 15.6 Å². The lowest BCUT2D eigenvalue weighted by Crippen LogP contribution is -2.55. The minimum Gasteiger partial charge on any atom is -0.501 e. The first-order valence-corrected chi connectivity index (χ1v) is 12.8. The molecule has 2 bridgehead atoms. The molecule has 1 aliphatic carbocycles. The second-order valence-corrected chi connectivity index (χ2v) is 10.5. The molecule has 39 heavy (non-hydrogen) atoms. The molecule has 0 radical (unpaired) electrons. The number of fused-ring (bicyclic) bond motifs is 2. The van der Waals surface area contributed by atoms with Crippen molar-refractivity contribution >= 4 is 17.7 Å². The number of nitrogens with one attached hydrogen (secondary N) is 2. The number of piperidine rings is 1. The Morgan fingerprint density at radius 3 is 2.33 bits per heavy atom. The molecule has 3 aliphatic heterocycles. The Morgan fingerprint density at radius 2 is 1.69 bits per heavy atom. The number of likely N-dealkylation sites (tertiary alicyclic amines) is 1. The van der Waals surface area contributed by atoms with E-state index < -0.39 is 64.8 Å². The van der Waals surface area contributed by atoms with E-state index >= 15 is 0 Å². The first-order chi connectivity index (χ1) is 18.5. The molecule has 1 aromatic carbocycles. The highest BCUT2D eigenvalue weighted by Crippen LogP contribution is 2.43.